The highest BCUT2D eigenvalue weighted by Crippen LogP contribution is 2.41. The van der Waals surface area contributed by atoms with E-state index >= 15 is 0 Å². The van der Waals surface area contributed by atoms with Gasteiger partial charge in [-0.3, -0.25) is 0 Å². The number of hydrogen-bond donors (Lipinski definition) is 1. The Kier molecular flexibility index (Phi) is 7.54. The maximum Gasteiger partial charge on any atom is 0.223 e. The Hall–Kier alpha value is -2.72. The summed E-state index contributed by atoms with van der Waals surface area (Å²) in [4.78, 5) is 12.2. The lowest BCUT2D eigenvalue weighted by Gasteiger charge is -2.27. The smallest absolute Gasteiger partial charge is 0.223 e. The van der Waals surface area contributed by atoms with Crippen LogP contribution in [0.4, 0.5) is 5.95 Å². The molecule has 4 heteroatoms. The zero-order valence-corrected chi connectivity index (χ0v) is 19.8. The lowest BCUT2D eigenvalue weighted by atomic mass is 9.78. The van der Waals surface area contributed by atoms with Gasteiger partial charge in [0.15, 0.2) is 0 Å². The van der Waals surface area contributed by atoms with Crippen molar-refractivity contribution in [1.82, 2.24) is 14.9 Å². The van der Waals surface area contributed by atoms with Crippen molar-refractivity contribution in [2.45, 2.75) is 52.4 Å². The summed E-state index contributed by atoms with van der Waals surface area (Å²) in [7, 11) is 0. The van der Waals surface area contributed by atoms with Crippen molar-refractivity contribution in [3.63, 3.8) is 0 Å². The average Bonchev–Trinajstić information content (AvgIpc) is 2.82. The summed E-state index contributed by atoms with van der Waals surface area (Å²) < 4.78 is 0. The number of rotatable bonds is 10. The van der Waals surface area contributed by atoms with Crippen LogP contribution in [0.3, 0.4) is 0 Å². The van der Waals surface area contributed by atoms with Gasteiger partial charge >= 0.3 is 0 Å². The topological polar surface area (TPSA) is 41.0 Å². The molecule has 1 N–H and O–H groups in total. The average molecular weight is 429 g/mol. The summed E-state index contributed by atoms with van der Waals surface area (Å²) in [6.07, 6.45) is 6.50. The van der Waals surface area contributed by atoms with Crippen molar-refractivity contribution in [2.24, 2.45) is 0 Å². The van der Waals surface area contributed by atoms with Crippen LogP contribution in [0.15, 0.2) is 54.7 Å². The van der Waals surface area contributed by atoms with Gasteiger partial charge in [0.2, 0.25) is 5.95 Å². The summed E-state index contributed by atoms with van der Waals surface area (Å²) in [5.41, 5.74) is 7.58. The predicted octanol–water partition coefficient (Wildman–Crippen LogP) is 6.06. The van der Waals surface area contributed by atoms with E-state index in [4.69, 9.17) is 4.98 Å². The molecule has 1 atom stereocenters. The quantitative estimate of drug-likeness (QED) is 0.398. The highest BCUT2D eigenvalue weighted by molar-refractivity contribution is 5.72. The Labute approximate surface area is 193 Å². The largest absolute Gasteiger partial charge is 0.354 e. The lowest BCUT2D eigenvalue weighted by molar-refractivity contribution is 0.274. The molecule has 3 aromatic rings. The standard InChI is InChI=1S/C28H36N4/c1-4-16-32(17-5-2)18-8-15-29-28-30-20-23-19-26(22-13-11-21(3)12-14-22)24-9-6-7-10-25(24)27(23)31-28/h6-7,9-14,20,26H,4-5,8,15-19H2,1-3H3,(H,29,30,31). The van der Waals surface area contributed by atoms with Gasteiger partial charge in [0.25, 0.3) is 0 Å². The van der Waals surface area contributed by atoms with Crippen LogP contribution in [0, 0.1) is 6.92 Å². The second-order valence-corrected chi connectivity index (χ2v) is 8.94. The Bertz CT molecular complexity index is 1010. The van der Waals surface area contributed by atoms with E-state index in [0.29, 0.717) is 5.92 Å². The van der Waals surface area contributed by atoms with E-state index in [1.165, 1.54) is 53.7 Å². The van der Waals surface area contributed by atoms with Gasteiger partial charge in [-0.1, -0.05) is 67.9 Å². The fourth-order valence-corrected chi connectivity index (χ4v) is 4.79. The van der Waals surface area contributed by atoms with Gasteiger partial charge in [0.1, 0.15) is 0 Å². The highest BCUT2D eigenvalue weighted by Gasteiger charge is 2.27. The first kappa shape index (κ1) is 22.5. The monoisotopic (exact) mass is 428 g/mol. The highest BCUT2D eigenvalue weighted by atomic mass is 15.1. The van der Waals surface area contributed by atoms with Gasteiger partial charge in [-0.05, 0) is 68.9 Å². The molecule has 1 aliphatic carbocycles. The molecular formula is C28H36N4. The molecule has 4 rings (SSSR count). The number of hydrogen-bond acceptors (Lipinski definition) is 4. The molecule has 1 aromatic heterocycles. The number of nitrogens with one attached hydrogen (secondary N) is 1. The summed E-state index contributed by atoms with van der Waals surface area (Å²) in [5.74, 6) is 1.09. The van der Waals surface area contributed by atoms with Crippen LogP contribution in [-0.4, -0.2) is 41.0 Å². The maximum absolute atomic E-state index is 4.95. The molecular weight excluding hydrogens is 392 g/mol. The molecule has 0 radical (unpaired) electrons. The van der Waals surface area contributed by atoms with Gasteiger partial charge in [0, 0.05) is 24.2 Å². The molecule has 168 valence electrons. The molecule has 32 heavy (non-hydrogen) atoms. The van der Waals surface area contributed by atoms with Crippen molar-refractivity contribution in [3.05, 3.63) is 77.0 Å². The number of anilines is 1. The zero-order chi connectivity index (χ0) is 22.3. The van der Waals surface area contributed by atoms with Crippen molar-refractivity contribution in [3.8, 4) is 11.3 Å². The van der Waals surface area contributed by atoms with Crippen LogP contribution in [-0.2, 0) is 6.42 Å². The minimum absolute atomic E-state index is 0.352. The van der Waals surface area contributed by atoms with Gasteiger partial charge < -0.3 is 10.2 Å². The van der Waals surface area contributed by atoms with Crippen LogP contribution in [0.1, 0.15) is 61.3 Å². The number of aryl methyl sites for hydroxylation is 1. The Morgan fingerprint density at radius 1 is 0.969 bits per heavy atom. The molecule has 0 bridgehead atoms. The van der Waals surface area contributed by atoms with Gasteiger partial charge in [-0.15, -0.1) is 0 Å². The van der Waals surface area contributed by atoms with Crippen LogP contribution < -0.4 is 5.32 Å². The first-order valence-corrected chi connectivity index (χ1v) is 12.2. The summed E-state index contributed by atoms with van der Waals surface area (Å²) >= 11 is 0. The third-order valence-corrected chi connectivity index (χ3v) is 6.37. The Morgan fingerprint density at radius 3 is 2.47 bits per heavy atom. The van der Waals surface area contributed by atoms with Crippen molar-refractivity contribution >= 4 is 5.95 Å². The van der Waals surface area contributed by atoms with E-state index in [0.717, 1.165) is 37.6 Å². The third-order valence-electron chi connectivity index (χ3n) is 6.37. The summed E-state index contributed by atoms with van der Waals surface area (Å²) in [6.45, 7) is 11.0. The first-order chi connectivity index (χ1) is 15.7. The van der Waals surface area contributed by atoms with Crippen LogP contribution in [0.2, 0.25) is 0 Å². The second kappa shape index (κ2) is 10.7. The summed E-state index contributed by atoms with van der Waals surface area (Å²) in [6, 6.07) is 17.7. The van der Waals surface area contributed by atoms with E-state index in [9.17, 15) is 0 Å². The minimum atomic E-state index is 0.352. The van der Waals surface area contributed by atoms with E-state index in [2.05, 4.69) is 84.5 Å². The lowest BCUT2D eigenvalue weighted by Crippen LogP contribution is -2.28. The fourth-order valence-electron chi connectivity index (χ4n) is 4.79. The first-order valence-electron chi connectivity index (χ1n) is 12.2. The summed E-state index contributed by atoms with van der Waals surface area (Å²) in [5, 5.41) is 3.47. The van der Waals surface area contributed by atoms with E-state index < -0.39 is 0 Å². The number of fused-ring (bicyclic) bond motifs is 3. The van der Waals surface area contributed by atoms with E-state index in [1.807, 2.05) is 6.20 Å². The fraction of sp³-hybridized carbons (Fsp3) is 0.429. The molecule has 1 unspecified atom stereocenters. The molecule has 0 spiro atoms. The van der Waals surface area contributed by atoms with Crippen LogP contribution in [0.5, 0.6) is 0 Å². The van der Waals surface area contributed by atoms with Gasteiger partial charge in [-0.25, -0.2) is 9.97 Å². The molecule has 1 heterocycles. The van der Waals surface area contributed by atoms with Crippen molar-refractivity contribution < 1.29 is 0 Å². The third kappa shape index (κ3) is 5.18. The normalized spacial score (nSPS) is 14.8. The Balaban J connectivity index is 1.48. The molecule has 0 amide bonds. The molecule has 0 aliphatic heterocycles. The van der Waals surface area contributed by atoms with E-state index in [1.54, 1.807) is 0 Å². The molecule has 0 saturated carbocycles. The van der Waals surface area contributed by atoms with E-state index in [-0.39, 0.29) is 0 Å². The zero-order valence-electron chi connectivity index (χ0n) is 19.8. The molecule has 0 fully saturated rings. The maximum atomic E-state index is 4.95. The van der Waals surface area contributed by atoms with Crippen LogP contribution >= 0.6 is 0 Å². The number of aromatic nitrogens is 2. The second-order valence-electron chi connectivity index (χ2n) is 8.94. The van der Waals surface area contributed by atoms with Crippen molar-refractivity contribution in [2.75, 3.05) is 31.5 Å². The van der Waals surface area contributed by atoms with Gasteiger partial charge in [-0.2, -0.15) is 0 Å². The molecule has 0 saturated heterocycles. The molecule has 1 aliphatic rings. The van der Waals surface area contributed by atoms with Crippen molar-refractivity contribution in [1.29, 1.82) is 0 Å². The molecule has 2 aromatic carbocycles. The van der Waals surface area contributed by atoms with Gasteiger partial charge in [0.05, 0.1) is 5.69 Å². The number of nitrogens with zero attached hydrogens (tertiary/aromatic N) is 3. The van der Waals surface area contributed by atoms with Crippen LogP contribution in [0.25, 0.3) is 11.3 Å². The predicted molar refractivity (Wildman–Crippen MR) is 134 cm³/mol. The SMILES string of the molecule is CCCN(CCC)CCCNc1ncc2c(n1)-c1ccccc1C(c1ccc(C)cc1)C2. The molecule has 4 nitrogen and oxygen atoms in total. The minimum Gasteiger partial charge on any atom is -0.354 e. The Morgan fingerprint density at radius 2 is 1.72 bits per heavy atom. The number of benzene rings is 2.